The molecule has 0 saturated heterocycles. The summed E-state index contributed by atoms with van der Waals surface area (Å²) in [6.07, 6.45) is 0. The minimum atomic E-state index is -0.0553. The molecule has 0 aromatic heterocycles. The van der Waals surface area contributed by atoms with E-state index in [4.69, 9.17) is 0 Å². The van der Waals surface area contributed by atoms with Gasteiger partial charge in [0, 0.05) is 5.57 Å². The highest BCUT2D eigenvalue weighted by molar-refractivity contribution is 5.92. The summed E-state index contributed by atoms with van der Waals surface area (Å²) in [5.41, 5.74) is 0.564. The third-order valence-corrected chi connectivity index (χ3v) is 2.27. The first kappa shape index (κ1) is 12.2. The maximum absolute atomic E-state index is 11.2. The van der Waals surface area contributed by atoms with Gasteiger partial charge in [-0.1, -0.05) is 6.58 Å². The Morgan fingerprint density at radius 1 is 1.46 bits per heavy atom. The zero-order valence-electron chi connectivity index (χ0n) is 9.35. The van der Waals surface area contributed by atoms with Gasteiger partial charge in [0.1, 0.15) is 6.04 Å². The van der Waals surface area contributed by atoms with Crippen molar-refractivity contribution in [1.82, 2.24) is 5.32 Å². The van der Waals surface area contributed by atoms with Crippen molar-refractivity contribution in [3.05, 3.63) is 12.2 Å². The number of quaternary nitrogens is 1. The van der Waals surface area contributed by atoms with E-state index >= 15 is 0 Å². The fourth-order valence-electron chi connectivity index (χ4n) is 0.665. The van der Waals surface area contributed by atoms with Gasteiger partial charge in [-0.2, -0.15) is 0 Å². The van der Waals surface area contributed by atoms with Gasteiger partial charge in [-0.05, 0) is 13.8 Å². The van der Waals surface area contributed by atoms with Crippen LogP contribution in [0.4, 0.5) is 0 Å². The molecule has 0 aliphatic rings. The summed E-state index contributed by atoms with van der Waals surface area (Å²) in [5.74, 6) is -0.0553. The fraction of sp³-hybridized carbons (Fsp3) is 0.700. The largest absolute Gasteiger partial charge is 0.346 e. The zero-order valence-corrected chi connectivity index (χ0v) is 9.35. The fourth-order valence-corrected chi connectivity index (χ4v) is 0.665. The molecule has 76 valence electrons. The topological polar surface area (TPSA) is 29.1 Å². The number of carbonyl (C=O) groups excluding carboxylic acids is 1. The Hall–Kier alpha value is -0.830. The van der Waals surface area contributed by atoms with Crippen LogP contribution in [0.25, 0.3) is 0 Å². The summed E-state index contributed by atoms with van der Waals surface area (Å²) < 4.78 is 0.844. The van der Waals surface area contributed by atoms with Crippen molar-refractivity contribution < 1.29 is 9.28 Å². The molecule has 0 radical (unpaired) electrons. The Labute approximate surface area is 81.0 Å². The Kier molecular flexibility index (Phi) is 4.14. The molecule has 0 aromatic rings. The Balaban J connectivity index is 3.91. The van der Waals surface area contributed by atoms with E-state index in [1.165, 1.54) is 0 Å². The van der Waals surface area contributed by atoms with Gasteiger partial charge in [-0.15, -0.1) is 0 Å². The number of nitrogens with one attached hydrogen (secondary N) is 1. The second-order valence-electron chi connectivity index (χ2n) is 4.46. The van der Waals surface area contributed by atoms with E-state index in [2.05, 4.69) is 40.0 Å². The molecular formula is C10H21N2O+. The predicted molar refractivity (Wildman–Crippen MR) is 55.3 cm³/mol. The Morgan fingerprint density at radius 3 is 2.23 bits per heavy atom. The van der Waals surface area contributed by atoms with E-state index in [-0.39, 0.29) is 5.91 Å². The van der Waals surface area contributed by atoms with Crippen LogP contribution in [-0.2, 0) is 4.79 Å². The molecule has 3 heteroatoms. The summed E-state index contributed by atoms with van der Waals surface area (Å²) in [7, 11) is 6.33. The molecule has 0 bridgehead atoms. The number of rotatable bonds is 4. The summed E-state index contributed by atoms with van der Waals surface area (Å²) in [6, 6.07) is 0.406. The number of hydrogen-bond acceptors (Lipinski definition) is 1. The lowest BCUT2D eigenvalue weighted by atomic mass is 10.2. The first-order chi connectivity index (χ1) is 5.75. The maximum Gasteiger partial charge on any atom is 0.246 e. The van der Waals surface area contributed by atoms with Gasteiger partial charge >= 0.3 is 0 Å². The van der Waals surface area contributed by atoms with Gasteiger partial charge in [0.05, 0.1) is 27.7 Å². The third kappa shape index (κ3) is 4.68. The lowest BCUT2D eigenvalue weighted by Gasteiger charge is -2.31. The number of likely N-dealkylation sites (N-methyl/N-ethyl adjacent to an activating group) is 1. The van der Waals surface area contributed by atoms with Crippen molar-refractivity contribution in [1.29, 1.82) is 0 Å². The molecule has 13 heavy (non-hydrogen) atoms. The molecule has 3 nitrogen and oxygen atoms in total. The highest BCUT2D eigenvalue weighted by Gasteiger charge is 2.18. The van der Waals surface area contributed by atoms with Gasteiger partial charge in [0.25, 0.3) is 0 Å². The average Bonchev–Trinajstić information content (AvgIpc) is 1.97. The zero-order chi connectivity index (χ0) is 10.6. The van der Waals surface area contributed by atoms with E-state index in [9.17, 15) is 4.79 Å². The van der Waals surface area contributed by atoms with Crippen LogP contribution in [0.3, 0.4) is 0 Å². The van der Waals surface area contributed by atoms with Gasteiger partial charge < -0.3 is 9.80 Å². The lowest BCUT2D eigenvalue weighted by Crippen LogP contribution is -2.49. The van der Waals surface area contributed by atoms with Crippen LogP contribution in [0.1, 0.15) is 13.8 Å². The minimum absolute atomic E-state index is 0.0553. The smallest absolute Gasteiger partial charge is 0.246 e. The molecule has 0 aliphatic heterocycles. The van der Waals surface area contributed by atoms with E-state index in [0.717, 1.165) is 4.48 Å². The molecule has 0 aliphatic carbocycles. The van der Waals surface area contributed by atoms with E-state index in [1.54, 1.807) is 6.92 Å². The van der Waals surface area contributed by atoms with Crippen molar-refractivity contribution in [2.24, 2.45) is 0 Å². The maximum atomic E-state index is 11.2. The van der Waals surface area contributed by atoms with Gasteiger partial charge in [0.15, 0.2) is 0 Å². The highest BCUT2D eigenvalue weighted by Crippen LogP contribution is 2.00. The first-order valence-electron chi connectivity index (χ1n) is 4.50. The monoisotopic (exact) mass is 185 g/mol. The van der Waals surface area contributed by atoms with Crippen molar-refractivity contribution in [2.75, 3.05) is 27.7 Å². The first-order valence-corrected chi connectivity index (χ1v) is 4.50. The van der Waals surface area contributed by atoms with Crippen molar-refractivity contribution in [3.63, 3.8) is 0 Å². The molecule has 0 rings (SSSR count). The van der Waals surface area contributed by atoms with Crippen molar-refractivity contribution in [3.8, 4) is 0 Å². The lowest BCUT2D eigenvalue weighted by molar-refractivity contribution is -0.892. The number of nitrogens with zero attached hydrogens (tertiary/aromatic N) is 1. The van der Waals surface area contributed by atoms with Crippen LogP contribution in [-0.4, -0.2) is 44.1 Å². The van der Waals surface area contributed by atoms with Gasteiger partial charge in [0.2, 0.25) is 5.91 Å². The van der Waals surface area contributed by atoms with E-state index < -0.39 is 0 Å². The molecule has 1 atom stereocenters. The molecule has 0 heterocycles. The van der Waals surface area contributed by atoms with E-state index in [1.807, 2.05) is 0 Å². The molecule has 0 saturated carbocycles. The minimum Gasteiger partial charge on any atom is -0.346 e. The van der Waals surface area contributed by atoms with Gasteiger partial charge in [-0.25, -0.2) is 0 Å². The van der Waals surface area contributed by atoms with Crippen molar-refractivity contribution in [2.45, 2.75) is 19.9 Å². The molecule has 1 unspecified atom stereocenters. The summed E-state index contributed by atoms with van der Waals surface area (Å²) in [6.45, 7) is 8.09. The predicted octanol–water partition coefficient (Wildman–Crippen LogP) is 0.773. The standard InChI is InChI=1S/C10H20N2O/c1-8(2)10(13)11-7-9(3)12(4,5)6/h9H,1,7H2,2-6H3/p+1. The number of amides is 1. The Morgan fingerprint density at radius 2 is 1.92 bits per heavy atom. The van der Waals surface area contributed by atoms with Crippen LogP contribution >= 0.6 is 0 Å². The summed E-state index contributed by atoms with van der Waals surface area (Å²) >= 11 is 0. The van der Waals surface area contributed by atoms with Crippen LogP contribution in [0.2, 0.25) is 0 Å². The molecule has 1 N–H and O–H groups in total. The van der Waals surface area contributed by atoms with Crippen LogP contribution < -0.4 is 5.32 Å². The van der Waals surface area contributed by atoms with Crippen LogP contribution in [0.15, 0.2) is 12.2 Å². The van der Waals surface area contributed by atoms with Gasteiger partial charge in [-0.3, -0.25) is 4.79 Å². The average molecular weight is 185 g/mol. The number of carbonyl (C=O) groups is 1. The third-order valence-electron chi connectivity index (χ3n) is 2.27. The normalized spacial score (nSPS) is 13.6. The second kappa shape index (κ2) is 4.42. The highest BCUT2D eigenvalue weighted by atomic mass is 16.1. The van der Waals surface area contributed by atoms with E-state index in [0.29, 0.717) is 18.2 Å². The SMILES string of the molecule is C=C(C)C(=O)NCC(C)[N+](C)(C)C. The van der Waals surface area contributed by atoms with Crippen LogP contribution in [0.5, 0.6) is 0 Å². The van der Waals surface area contributed by atoms with Crippen LogP contribution in [0, 0.1) is 0 Å². The summed E-state index contributed by atoms with van der Waals surface area (Å²) in [4.78, 5) is 11.2. The molecule has 0 fully saturated rings. The quantitative estimate of drug-likeness (QED) is 0.509. The molecular weight excluding hydrogens is 164 g/mol. The molecule has 0 aromatic carbocycles. The number of hydrogen-bond donors (Lipinski definition) is 1. The van der Waals surface area contributed by atoms with Crippen molar-refractivity contribution >= 4 is 5.91 Å². The summed E-state index contributed by atoms with van der Waals surface area (Å²) in [5, 5.41) is 2.83. The molecule has 1 amide bonds. The molecule has 0 spiro atoms. The Bertz CT molecular complexity index is 203. The second-order valence-corrected chi connectivity index (χ2v) is 4.46.